The van der Waals surface area contributed by atoms with Crippen molar-refractivity contribution in [1.29, 1.82) is 0 Å². The minimum atomic E-state index is -2.45. The van der Waals surface area contributed by atoms with Crippen molar-refractivity contribution in [3.8, 4) is 11.1 Å². The summed E-state index contributed by atoms with van der Waals surface area (Å²) in [4.78, 5) is 43.0. The molecule has 3 aromatic carbocycles. The van der Waals surface area contributed by atoms with Crippen LogP contribution in [0.15, 0.2) is 163 Å². The highest BCUT2D eigenvalue weighted by molar-refractivity contribution is 6.08. The molecule has 512 valence electrons. The SMILES string of the molecule is C[C@@H]1[C@H](O)[C@@H](C)/C=C/C=C/C=C/C=C/C=C/C=C/C=C/[C@H](O[C@@H]2O[C@H](C)[C@@H](O)[C@H](NC(=O)OCC3c4ccccc4-c4ccccc43)[C@@H]2O)C[C@@H]2O[C@](O)(C[C@@H](O)C[C@@H](O)[C@H](O)CC[C@@H](O)C[C@@H](O)CC(=O)O[C@H]1C)C[C@H](O)[C@H]2C(=O)NC(=NO)c1ccc(N(C)C)cc1. The fraction of sp³-hybridized carbons (Fsp3) is 0.493. The van der Waals surface area contributed by atoms with E-state index in [1.54, 1.807) is 111 Å². The Balaban J connectivity index is 1.16. The number of allylic oxidation sites excluding steroid dienone is 12. The number of alkyl carbamates (subject to hydrolysis) is 1. The molecule has 0 unspecified atom stereocenters. The van der Waals surface area contributed by atoms with Crippen molar-refractivity contribution in [2.24, 2.45) is 22.9 Å². The van der Waals surface area contributed by atoms with E-state index in [4.69, 9.17) is 23.7 Å². The largest absolute Gasteiger partial charge is 0.462 e. The van der Waals surface area contributed by atoms with Gasteiger partial charge in [-0.25, -0.2) is 4.79 Å². The number of esters is 1. The topological polar surface area (TPSA) is 360 Å². The number of ether oxygens (including phenoxy) is 5. The number of fused-ring (bicyclic) bond motifs is 5. The van der Waals surface area contributed by atoms with E-state index in [2.05, 4.69) is 15.8 Å². The summed E-state index contributed by atoms with van der Waals surface area (Å²) < 4.78 is 30.3. The molecule has 19 atom stereocenters. The van der Waals surface area contributed by atoms with Gasteiger partial charge in [-0.2, -0.15) is 0 Å². The predicted octanol–water partition coefficient (Wildman–Crippen LogP) is 5.23. The molecule has 1 aliphatic carbocycles. The molecule has 0 aromatic heterocycles. The number of hydrogen-bond acceptors (Lipinski definition) is 21. The van der Waals surface area contributed by atoms with Crippen LogP contribution in [0.2, 0.25) is 0 Å². The molecule has 2 fully saturated rings. The molecule has 3 aromatic rings. The van der Waals surface area contributed by atoms with Crippen LogP contribution in [0, 0.1) is 17.8 Å². The maximum atomic E-state index is 14.6. The highest BCUT2D eigenvalue weighted by Crippen LogP contribution is 2.45. The van der Waals surface area contributed by atoms with Crippen molar-refractivity contribution in [2.75, 3.05) is 25.6 Å². The lowest BCUT2D eigenvalue weighted by atomic mass is 9.82. The number of amidine groups is 1. The van der Waals surface area contributed by atoms with Gasteiger partial charge in [-0.05, 0) is 79.6 Å². The molecule has 3 heterocycles. The number of anilines is 1. The van der Waals surface area contributed by atoms with Gasteiger partial charge in [-0.15, -0.1) is 0 Å². The second-order valence-corrected chi connectivity index (χ2v) is 25.0. The third-order valence-electron chi connectivity index (χ3n) is 17.6. The molecule has 94 heavy (non-hydrogen) atoms. The van der Waals surface area contributed by atoms with Crippen LogP contribution >= 0.6 is 0 Å². The lowest BCUT2D eigenvalue weighted by Gasteiger charge is -2.46. The first-order valence-corrected chi connectivity index (χ1v) is 32.0. The number of amides is 2. The first-order valence-electron chi connectivity index (χ1n) is 32.0. The van der Waals surface area contributed by atoms with Gasteiger partial charge in [0.15, 0.2) is 17.9 Å². The zero-order valence-electron chi connectivity index (χ0n) is 53.9. The summed E-state index contributed by atoms with van der Waals surface area (Å²) in [5.74, 6) is -7.13. The number of aliphatic hydroxyl groups is 10. The number of carbonyl (C=O) groups is 3. The van der Waals surface area contributed by atoms with Crippen molar-refractivity contribution < 1.29 is 94.3 Å². The minimum absolute atomic E-state index is 0.0717. The van der Waals surface area contributed by atoms with Crippen LogP contribution < -0.4 is 15.5 Å². The second kappa shape index (κ2) is 35.5. The predicted molar refractivity (Wildman–Crippen MR) is 351 cm³/mol. The average Bonchev–Trinajstić information content (AvgIpc) is 1.55. The summed E-state index contributed by atoms with van der Waals surface area (Å²) >= 11 is 0. The fourth-order valence-corrected chi connectivity index (χ4v) is 12.2. The van der Waals surface area contributed by atoms with Crippen LogP contribution in [0.25, 0.3) is 11.1 Å². The zero-order valence-corrected chi connectivity index (χ0v) is 53.9. The number of cyclic esters (lactones) is 1. The number of hydrogen-bond donors (Lipinski definition) is 13. The van der Waals surface area contributed by atoms with Crippen LogP contribution in [0.4, 0.5) is 10.5 Å². The first kappa shape index (κ1) is 74.2. The molecule has 2 bridgehead atoms. The van der Waals surface area contributed by atoms with Crippen molar-refractivity contribution in [2.45, 2.75) is 182 Å². The van der Waals surface area contributed by atoms with E-state index in [0.29, 0.717) is 0 Å². The molecule has 4 aliphatic rings. The Morgan fingerprint density at radius 1 is 0.649 bits per heavy atom. The number of rotatable bonds is 8. The van der Waals surface area contributed by atoms with E-state index in [0.717, 1.165) is 27.9 Å². The Morgan fingerprint density at radius 3 is 1.83 bits per heavy atom. The molecule has 2 saturated heterocycles. The van der Waals surface area contributed by atoms with E-state index in [1.165, 1.54) is 13.0 Å². The van der Waals surface area contributed by atoms with Gasteiger partial charge >= 0.3 is 12.1 Å². The summed E-state index contributed by atoms with van der Waals surface area (Å²) in [5, 5.41) is 133. The van der Waals surface area contributed by atoms with E-state index >= 15 is 0 Å². The van der Waals surface area contributed by atoms with Crippen LogP contribution in [-0.4, -0.2) is 198 Å². The highest BCUT2D eigenvalue weighted by Gasteiger charge is 2.52. The van der Waals surface area contributed by atoms with E-state index < -0.39 is 159 Å². The summed E-state index contributed by atoms with van der Waals surface area (Å²) in [6.45, 7) is 6.64. The quantitative estimate of drug-likeness (QED) is 0.0452. The molecule has 0 radical (unpaired) electrons. The van der Waals surface area contributed by atoms with Crippen molar-refractivity contribution in [3.63, 3.8) is 0 Å². The number of nitrogens with one attached hydrogen (secondary N) is 2. The maximum Gasteiger partial charge on any atom is 0.407 e. The summed E-state index contributed by atoms with van der Waals surface area (Å²) in [5.41, 5.74) is 5.02. The van der Waals surface area contributed by atoms with Crippen LogP contribution in [0.5, 0.6) is 0 Å². The number of oxime groups is 1. The van der Waals surface area contributed by atoms with Crippen molar-refractivity contribution >= 4 is 29.5 Å². The number of benzene rings is 3. The molecule has 3 aliphatic heterocycles. The van der Waals surface area contributed by atoms with Gasteiger partial charge in [-0.3, -0.25) is 9.59 Å². The first-order chi connectivity index (χ1) is 44.9. The third kappa shape index (κ3) is 20.9. The Kier molecular flexibility index (Phi) is 28.0. The Bertz CT molecular complexity index is 3140. The van der Waals surface area contributed by atoms with Gasteiger partial charge in [0.05, 0.1) is 79.4 Å². The van der Waals surface area contributed by atoms with Crippen molar-refractivity contribution in [1.82, 2.24) is 10.6 Å². The van der Waals surface area contributed by atoms with Gasteiger partial charge < -0.3 is 95.5 Å². The van der Waals surface area contributed by atoms with E-state index in [1.807, 2.05) is 80.5 Å². The number of aliphatic hydroxyl groups excluding tert-OH is 9. The van der Waals surface area contributed by atoms with Gasteiger partial charge in [0, 0.05) is 68.8 Å². The van der Waals surface area contributed by atoms with Gasteiger partial charge in [0.25, 0.3) is 0 Å². The smallest absolute Gasteiger partial charge is 0.407 e. The van der Waals surface area contributed by atoms with Crippen LogP contribution in [0.3, 0.4) is 0 Å². The van der Waals surface area contributed by atoms with E-state index in [9.17, 15) is 70.7 Å². The lowest BCUT2D eigenvalue weighted by molar-refractivity contribution is -0.307. The maximum absolute atomic E-state index is 14.6. The molecule has 0 spiro atoms. The number of carbonyl (C=O) groups excluding carboxylic acids is 3. The molecular formula is C71H94N4O19. The number of nitrogens with zero attached hydrogens (tertiary/aromatic N) is 2. The zero-order chi connectivity index (χ0) is 68.2. The summed E-state index contributed by atoms with van der Waals surface area (Å²) in [7, 11) is 3.65. The van der Waals surface area contributed by atoms with Gasteiger partial charge in [0.1, 0.15) is 24.9 Å². The highest BCUT2D eigenvalue weighted by atomic mass is 16.7. The monoisotopic (exact) mass is 1310 g/mol. The fourth-order valence-electron chi connectivity index (χ4n) is 12.2. The summed E-state index contributed by atoms with van der Waals surface area (Å²) in [6.07, 6.45) is 0.255. The minimum Gasteiger partial charge on any atom is -0.462 e. The third-order valence-corrected chi connectivity index (χ3v) is 17.6. The molecule has 2 amide bonds. The van der Waals surface area contributed by atoms with E-state index in [-0.39, 0.29) is 49.1 Å². The molecule has 23 heteroatoms. The Morgan fingerprint density at radius 2 is 1.23 bits per heavy atom. The molecule has 13 N–H and O–H groups in total. The second-order valence-electron chi connectivity index (χ2n) is 25.0. The van der Waals surface area contributed by atoms with Gasteiger partial charge in [-0.1, -0.05) is 153 Å². The van der Waals surface area contributed by atoms with Crippen LogP contribution in [0.1, 0.15) is 102 Å². The molecule has 0 saturated carbocycles. The van der Waals surface area contributed by atoms with Crippen molar-refractivity contribution in [3.05, 3.63) is 175 Å². The standard InChI is InChI=1S/C71H94N4O19/c1-42-23-17-15-13-11-9-7-8-10-12-14-16-18-24-51(93-69-66(85)63(65(84)45(4)92-69)72-70(87)90-41-56-54-27-21-19-25-52(54)53-26-20-22-28-55(53)56)38-60-62(68(86)73-67(74-89)46-29-31-47(32-30-46)75(5)6)59(81)40-71(88,94-60)39-50(78)36-58(80)57(79)34-33-48(76)35-49(77)37-61(82)91-44(3)43(2)64(42)83/h7-32,42-45,48-51,56-60,62-66,69,76-81,83-85,88-89H,33-41H2,1-6H3,(H,72,87)(H,73,74,86)/b8-7+,11-9+,12-10+,15-13+,16-14+,23-17+,24-18+/t42-,43-,44-,45+,48+,49+,50-,51-,57+,58+,59-,60-,62+,63-,64+,65+,66-,69-,71+/m0/s1. The average molecular weight is 1310 g/mol. The molecular weight excluding hydrogens is 1210 g/mol. The molecule has 23 nitrogen and oxygen atoms in total. The lowest BCUT2D eigenvalue weighted by Crippen LogP contribution is -2.64. The molecule has 7 rings (SSSR count). The Labute approximate surface area is 549 Å². The van der Waals surface area contributed by atoms with Gasteiger partial charge in [0.2, 0.25) is 5.91 Å². The summed E-state index contributed by atoms with van der Waals surface area (Å²) in [6, 6.07) is 20.8. The normalized spacial score (nSPS) is 35.6. The Hall–Kier alpha value is -7.20. The van der Waals surface area contributed by atoms with Crippen LogP contribution in [-0.2, 0) is 33.3 Å².